The van der Waals surface area contributed by atoms with Gasteiger partial charge in [0.25, 0.3) is 5.91 Å². The van der Waals surface area contributed by atoms with Crippen molar-refractivity contribution in [2.45, 2.75) is 6.18 Å². The van der Waals surface area contributed by atoms with E-state index in [0.29, 0.717) is 6.07 Å². The summed E-state index contributed by atoms with van der Waals surface area (Å²) in [6.07, 6.45) is -4.83. The minimum atomic E-state index is -4.83. The maximum Gasteiger partial charge on any atom is 0.418 e. The van der Waals surface area contributed by atoms with E-state index in [-0.39, 0.29) is 11.4 Å². The van der Waals surface area contributed by atoms with Gasteiger partial charge < -0.3 is 15.4 Å². The number of carboxylic acids is 1. The van der Waals surface area contributed by atoms with Gasteiger partial charge in [-0.3, -0.25) is 4.79 Å². The van der Waals surface area contributed by atoms with Crippen molar-refractivity contribution in [3.8, 4) is 0 Å². The van der Waals surface area contributed by atoms with Crippen LogP contribution in [0.3, 0.4) is 0 Å². The van der Waals surface area contributed by atoms with Gasteiger partial charge in [-0.15, -0.1) is 0 Å². The predicted molar refractivity (Wildman–Crippen MR) is 67.1 cm³/mol. The molecule has 3 N–H and O–H groups in total. The van der Waals surface area contributed by atoms with Crippen LogP contribution in [0.15, 0.2) is 36.4 Å². The second-order valence-corrected chi connectivity index (χ2v) is 4.09. The van der Waals surface area contributed by atoms with Crippen LogP contribution in [-0.4, -0.2) is 22.0 Å². The minimum Gasteiger partial charge on any atom is -0.477 e. The number of halogens is 3. The molecule has 0 fully saturated rings. The van der Waals surface area contributed by atoms with Gasteiger partial charge in [0.15, 0.2) is 0 Å². The van der Waals surface area contributed by atoms with E-state index < -0.39 is 29.3 Å². The Labute approximate surface area is 116 Å². The second-order valence-electron chi connectivity index (χ2n) is 4.09. The van der Waals surface area contributed by atoms with Crippen molar-refractivity contribution in [2.24, 2.45) is 0 Å². The monoisotopic (exact) mass is 298 g/mol. The number of aromatic carboxylic acids is 1. The molecule has 1 heterocycles. The first-order valence-corrected chi connectivity index (χ1v) is 5.69. The number of H-pyrrole nitrogens is 1. The number of carbonyl (C=O) groups is 2. The highest BCUT2D eigenvalue weighted by Gasteiger charge is 2.37. The third-order valence-corrected chi connectivity index (χ3v) is 2.62. The van der Waals surface area contributed by atoms with Crippen LogP contribution >= 0.6 is 0 Å². The molecule has 1 amide bonds. The Morgan fingerprint density at radius 1 is 1.14 bits per heavy atom. The standard InChI is InChI=1S/C13H9F3N2O3/c14-13(15,16)8-6-9(17-10(8)12(20)21)18-11(19)7-4-2-1-3-5-7/h1-6,17H,(H,18,19)(H,20,21). The molecule has 0 spiro atoms. The molecule has 1 aromatic carbocycles. The Morgan fingerprint density at radius 3 is 2.24 bits per heavy atom. The molecule has 21 heavy (non-hydrogen) atoms. The molecule has 8 heteroatoms. The van der Waals surface area contributed by atoms with E-state index in [4.69, 9.17) is 5.11 Å². The summed E-state index contributed by atoms with van der Waals surface area (Å²) < 4.78 is 38.1. The molecule has 2 aromatic rings. The summed E-state index contributed by atoms with van der Waals surface area (Å²) in [5.41, 5.74) is -2.14. The minimum absolute atomic E-state index is 0.234. The molecule has 0 unspecified atom stereocenters. The highest BCUT2D eigenvalue weighted by molar-refractivity contribution is 6.04. The van der Waals surface area contributed by atoms with Crippen LogP contribution in [0, 0.1) is 0 Å². The van der Waals surface area contributed by atoms with Crippen molar-refractivity contribution < 1.29 is 27.9 Å². The number of anilines is 1. The average Bonchev–Trinajstić information content (AvgIpc) is 2.84. The molecule has 0 bridgehead atoms. The van der Waals surface area contributed by atoms with Crippen molar-refractivity contribution in [1.82, 2.24) is 4.98 Å². The first-order valence-electron chi connectivity index (χ1n) is 5.69. The van der Waals surface area contributed by atoms with E-state index in [2.05, 4.69) is 5.32 Å². The van der Waals surface area contributed by atoms with E-state index >= 15 is 0 Å². The lowest BCUT2D eigenvalue weighted by molar-refractivity contribution is -0.138. The maximum atomic E-state index is 12.7. The largest absolute Gasteiger partial charge is 0.477 e. The van der Waals surface area contributed by atoms with Gasteiger partial charge in [0.05, 0.1) is 5.56 Å². The van der Waals surface area contributed by atoms with Gasteiger partial charge in [0, 0.05) is 5.56 Å². The van der Waals surface area contributed by atoms with Crippen LogP contribution in [0.5, 0.6) is 0 Å². The lowest BCUT2D eigenvalue weighted by Gasteiger charge is -2.03. The van der Waals surface area contributed by atoms with E-state index in [0.717, 1.165) is 0 Å². The number of aromatic amines is 1. The quantitative estimate of drug-likeness (QED) is 0.814. The molecule has 0 atom stereocenters. The number of hydrogen-bond acceptors (Lipinski definition) is 2. The molecule has 110 valence electrons. The molecular formula is C13H9F3N2O3. The maximum absolute atomic E-state index is 12.7. The summed E-state index contributed by atoms with van der Waals surface area (Å²) in [6, 6.07) is 8.35. The molecule has 0 aliphatic rings. The summed E-state index contributed by atoms with van der Waals surface area (Å²) in [7, 11) is 0. The summed E-state index contributed by atoms with van der Waals surface area (Å²) in [6.45, 7) is 0. The number of aromatic nitrogens is 1. The molecular weight excluding hydrogens is 289 g/mol. The van der Waals surface area contributed by atoms with Gasteiger partial charge in [-0.05, 0) is 18.2 Å². The number of nitrogens with one attached hydrogen (secondary N) is 2. The lowest BCUT2D eigenvalue weighted by Crippen LogP contribution is -2.12. The Hall–Kier alpha value is -2.77. The topological polar surface area (TPSA) is 82.2 Å². The van der Waals surface area contributed by atoms with Gasteiger partial charge in [0.1, 0.15) is 11.5 Å². The van der Waals surface area contributed by atoms with Crippen molar-refractivity contribution in [3.63, 3.8) is 0 Å². The zero-order valence-corrected chi connectivity index (χ0v) is 10.4. The van der Waals surface area contributed by atoms with Gasteiger partial charge in [-0.1, -0.05) is 18.2 Å². The summed E-state index contributed by atoms with van der Waals surface area (Å²) in [5, 5.41) is 10.9. The number of amides is 1. The molecule has 2 rings (SSSR count). The Kier molecular flexibility index (Phi) is 3.70. The van der Waals surface area contributed by atoms with Crippen LogP contribution < -0.4 is 5.32 Å². The number of carbonyl (C=O) groups excluding carboxylic acids is 1. The molecule has 1 aromatic heterocycles. The van der Waals surface area contributed by atoms with Crippen molar-refractivity contribution in [2.75, 3.05) is 5.32 Å². The zero-order chi connectivity index (χ0) is 15.6. The lowest BCUT2D eigenvalue weighted by atomic mass is 10.2. The smallest absolute Gasteiger partial charge is 0.418 e. The van der Waals surface area contributed by atoms with E-state index in [9.17, 15) is 22.8 Å². The van der Waals surface area contributed by atoms with Crippen LogP contribution in [-0.2, 0) is 6.18 Å². The van der Waals surface area contributed by atoms with Gasteiger partial charge in [0.2, 0.25) is 0 Å². The number of hydrogen-bond donors (Lipinski definition) is 3. The third kappa shape index (κ3) is 3.22. The molecule has 5 nitrogen and oxygen atoms in total. The number of rotatable bonds is 3. The molecule has 0 aliphatic heterocycles. The van der Waals surface area contributed by atoms with Gasteiger partial charge in [-0.2, -0.15) is 13.2 Å². The normalized spacial score (nSPS) is 11.2. The van der Waals surface area contributed by atoms with E-state index in [1.54, 1.807) is 18.2 Å². The predicted octanol–water partition coefficient (Wildman–Crippen LogP) is 2.98. The molecule has 0 saturated heterocycles. The summed E-state index contributed by atoms with van der Waals surface area (Å²) in [4.78, 5) is 24.6. The SMILES string of the molecule is O=C(Nc1cc(C(F)(F)F)c(C(=O)O)[nH]1)c1ccccc1. The third-order valence-electron chi connectivity index (χ3n) is 2.62. The number of benzene rings is 1. The van der Waals surface area contributed by atoms with Gasteiger partial charge >= 0.3 is 12.1 Å². The molecule has 0 aliphatic carbocycles. The highest BCUT2D eigenvalue weighted by Crippen LogP contribution is 2.34. The fourth-order valence-electron chi connectivity index (χ4n) is 1.70. The highest BCUT2D eigenvalue weighted by atomic mass is 19.4. The number of carboxylic acid groups (broad SMARTS) is 1. The first-order chi connectivity index (χ1) is 9.79. The van der Waals surface area contributed by atoms with Crippen molar-refractivity contribution >= 4 is 17.7 Å². The van der Waals surface area contributed by atoms with E-state index in [1.807, 2.05) is 4.98 Å². The summed E-state index contributed by atoms with van der Waals surface area (Å²) >= 11 is 0. The van der Waals surface area contributed by atoms with Crippen LogP contribution in [0.2, 0.25) is 0 Å². The number of alkyl halides is 3. The fourth-order valence-corrected chi connectivity index (χ4v) is 1.70. The Balaban J connectivity index is 2.30. The average molecular weight is 298 g/mol. The Bertz CT molecular complexity index is 678. The fraction of sp³-hybridized carbons (Fsp3) is 0.0769. The van der Waals surface area contributed by atoms with Gasteiger partial charge in [-0.25, -0.2) is 4.79 Å². The summed E-state index contributed by atoms with van der Waals surface area (Å²) in [5.74, 6) is -2.75. The zero-order valence-electron chi connectivity index (χ0n) is 10.4. The first kappa shape index (κ1) is 14.6. The second kappa shape index (κ2) is 5.31. The van der Waals surface area contributed by atoms with Crippen LogP contribution in [0.1, 0.15) is 26.4 Å². The van der Waals surface area contributed by atoms with Crippen molar-refractivity contribution in [1.29, 1.82) is 0 Å². The van der Waals surface area contributed by atoms with Crippen LogP contribution in [0.4, 0.5) is 19.0 Å². The van der Waals surface area contributed by atoms with E-state index in [1.165, 1.54) is 12.1 Å². The Morgan fingerprint density at radius 2 is 1.76 bits per heavy atom. The molecule has 0 saturated carbocycles. The van der Waals surface area contributed by atoms with Crippen molar-refractivity contribution in [3.05, 3.63) is 53.2 Å². The van der Waals surface area contributed by atoms with Crippen LogP contribution in [0.25, 0.3) is 0 Å². The molecule has 0 radical (unpaired) electrons.